The van der Waals surface area contributed by atoms with Crippen LogP contribution in [0.2, 0.25) is 0 Å². The summed E-state index contributed by atoms with van der Waals surface area (Å²) in [6.07, 6.45) is 0. The van der Waals surface area contributed by atoms with E-state index >= 15 is 0 Å². The van der Waals surface area contributed by atoms with E-state index in [9.17, 15) is 4.79 Å². The number of aliphatic carboxylic acids is 1. The van der Waals surface area contributed by atoms with Crippen LogP contribution >= 0.6 is 0 Å². The number of hydrogen-bond acceptors (Lipinski definition) is 4. The van der Waals surface area contributed by atoms with Crippen LogP contribution in [-0.4, -0.2) is 43.2 Å². The van der Waals surface area contributed by atoms with Gasteiger partial charge in [0.1, 0.15) is 11.8 Å². The zero-order chi connectivity index (χ0) is 14.7. The number of carbonyl (C=O) groups is 1. The SMILES string of the molecule is COc1ccc(C(C(N)C(=O)O)N(C)C)c(C)c1C. The van der Waals surface area contributed by atoms with Crippen molar-refractivity contribution in [1.82, 2.24) is 4.90 Å². The molecule has 0 spiro atoms. The van der Waals surface area contributed by atoms with Crippen LogP contribution in [0.3, 0.4) is 0 Å². The molecular weight excluding hydrogens is 244 g/mol. The van der Waals surface area contributed by atoms with Crippen molar-refractivity contribution in [2.24, 2.45) is 5.73 Å². The number of hydrogen-bond donors (Lipinski definition) is 2. The molecule has 0 fully saturated rings. The van der Waals surface area contributed by atoms with Gasteiger partial charge in [-0.15, -0.1) is 0 Å². The number of carboxylic acids is 1. The zero-order valence-corrected chi connectivity index (χ0v) is 12.1. The molecule has 5 heteroatoms. The molecule has 3 N–H and O–H groups in total. The summed E-state index contributed by atoms with van der Waals surface area (Å²) in [5, 5.41) is 9.15. The van der Waals surface area contributed by atoms with Crippen LogP contribution in [0.5, 0.6) is 5.75 Å². The standard InChI is InChI=1S/C14H22N2O3/c1-8-9(2)11(19-5)7-6-10(8)13(16(3)4)12(15)14(17)18/h6-7,12-13H,15H2,1-5H3,(H,17,18). The second kappa shape index (κ2) is 6.04. The molecule has 2 unspecified atom stereocenters. The van der Waals surface area contributed by atoms with E-state index in [0.717, 1.165) is 22.4 Å². The first kappa shape index (κ1) is 15.5. The normalized spacial score (nSPS) is 14.3. The third-order valence-corrected chi connectivity index (χ3v) is 3.50. The van der Waals surface area contributed by atoms with Gasteiger partial charge in [0.05, 0.1) is 13.2 Å². The average Bonchev–Trinajstić information content (AvgIpc) is 2.34. The lowest BCUT2D eigenvalue weighted by molar-refractivity contribution is -0.140. The Balaban J connectivity index is 3.32. The zero-order valence-electron chi connectivity index (χ0n) is 12.1. The molecule has 0 amide bonds. The minimum absolute atomic E-state index is 0.373. The lowest BCUT2D eigenvalue weighted by Crippen LogP contribution is -2.43. The first-order valence-electron chi connectivity index (χ1n) is 6.10. The summed E-state index contributed by atoms with van der Waals surface area (Å²) in [7, 11) is 5.27. The Morgan fingerprint density at radius 3 is 2.32 bits per heavy atom. The van der Waals surface area contributed by atoms with E-state index in [0.29, 0.717) is 0 Å². The van der Waals surface area contributed by atoms with Gasteiger partial charge < -0.3 is 20.5 Å². The van der Waals surface area contributed by atoms with Crippen LogP contribution < -0.4 is 10.5 Å². The number of methoxy groups -OCH3 is 1. The van der Waals surface area contributed by atoms with E-state index in [4.69, 9.17) is 15.6 Å². The lowest BCUT2D eigenvalue weighted by atomic mass is 9.92. The Hall–Kier alpha value is -1.59. The lowest BCUT2D eigenvalue weighted by Gasteiger charge is -2.30. The Morgan fingerprint density at radius 2 is 1.89 bits per heavy atom. The van der Waals surface area contributed by atoms with E-state index in [2.05, 4.69) is 0 Å². The quantitative estimate of drug-likeness (QED) is 0.840. The van der Waals surface area contributed by atoms with Crippen LogP contribution in [0.4, 0.5) is 0 Å². The Labute approximate surface area is 114 Å². The summed E-state index contributed by atoms with van der Waals surface area (Å²) in [5.41, 5.74) is 8.74. The molecule has 1 aromatic carbocycles. The van der Waals surface area contributed by atoms with Crippen molar-refractivity contribution in [3.63, 3.8) is 0 Å². The molecule has 0 saturated carbocycles. The van der Waals surface area contributed by atoms with Gasteiger partial charge in [-0.05, 0) is 50.7 Å². The fourth-order valence-electron chi connectivity index (χ4n) is 2.29. The molecule has 0 radical (unpaired) electrons. The fourth-order valence-corrected chi connectivity index (χ4v) is 2.29. The number of nitrogens with zero attached hydrogens (tertiary/aromatic N) is 1. The summed E-state index contributed by atoms with van der Waals surface area (Å²) in [5.74, 6) is -0.214. The van der Waals surface area contributed by atoms with Crippen molar-refractivity contribution in [3.05, 3.63) is 28.8 Å². The third kappa shape index (κ3) is 3.05. The molecule has 0 aromatic heterocycles. The van der Waals surface area contributed by atoms with Gasteiger partial charge in [0.25, 0.3) is 0 Å². The van der Waals surface area contributed by atoms with Crippen LogP contribution in [0, 0.1) is 13.8 Å². The molecular formula is C14H22N2O3. The van der Waals surface area contributed by atoms with Crippen LogP contribution in [0.1, 0.15) is 22.7 Å². The first-order chi connectivity index (χ1) is 8.81. The average molecular weight is 266 g/mol. The minimum atomic E-state index is -1.01. The molecule has 1 aromatic rings. The molecule has 19 heavy (non-hydrogen) atoms. The van der Waals surface area contributed by atoms with Gasteiger partial charge in [-0.25, -0.2) is 0 Å². The second-order valence-electron chi connectivity index (χ2n) is 4.88. The maximum absolute atomic E-state index is 11.2. The summed E-state index contributed by atoms with van der Waals surface area (Å²) >= 11 is 0. The topological polar surface area (TPSA) is 75.8 Å². The van der Waals surface area contributed by atoms with Gasteiger partial charge in [0.15, 0.2) is 0 Å². The highest BCUT2D eigenvalue weighted by Gasteiger charge is 2.29. The predicted molar refractivity (Wildman–Crippen MR) is 74.5 cm³/mol. The van der Waals surface area contributed by atoms with Gasteiger partial charge in [0, 0.05) is 0 Å². The number of carboxylic acid groups (broad SMARTS) is 1. The highest BCUT2D eigenvalue weighted by Crippen LogP contribution is 2.31. The highest BCUT2D eigenvalue weighted by molar-refractivity contribution is 5.74. The molecule has 0 saturated heterocycles. The smallest absolute Gasteiger partial charge is 0.322 e. The van der Waals surface area contributed by atoms with Crippen molar-refractivity contribution in [3.8, 4) is 5.75 Å². The second-order valence-corrected chi connectivity index (χ2v) is 4.88. The summed E-state index contributed by atoms with van der Waals surface area (Å²) in [4.78, 5) is 13.0. The van der Waals surface area contributed by atoms with Gasteiger partial charge in [-0.2, -0.15) is 0 Å². The number of likely N-dealkylation sites (N-methyl/N-ethyl adjacent to an activating group) is 1. The number of nitrogens with two attached hydrogens (primary N) is 1. The van der Waals surface area contributed by atoms with Gasteiger partial charge >= 0.3 is 5.97 Å². The van der Waals surface area contributed by atoms with Crippen molar-refractivity contribution in [2.75, 3.05) is 21.2 Å². The van der Waals surface area contributed by atoms with E-state index in [1.165, 1.54) is 0 Å². The Morgan fingerprint density at radius 1 is 1.32 bits per heavy atom. The van der Waals surface area contributed by atoms with E-state index in [1.807, 2.05) is 45.0 Å². The molecule has 0 aliphatic heterocycles. The molecule has 1 rings (SSSR count). The largest absolute Gasteiger partial charge is 0.496 e. The van der Waals surface area contributed by atoms with Gasteiger partial charge in [0.2, 0.25) is 0 Å². The van der Waals surface area contributed by atoms with Crippen molar-refractivity contribution in [2.45, 2.75) is 25.9 Å². The number of ether oxygens (including phenoxy) is 1. The van der Waals surface area contributed by atoms with Crippen LogP contribution in [0.25, 0.3) is 0 Å². The molecule has 106 valence electrons. The molecule has 5 nitrogen and oxygen atoms in total. The maximum atomic E-state index is 11.2. The molecule has 2 atom stereocenters. The summed E-state index contributed by atoms with van der Waals surface area (Å²) in [6, 6.07) is 2.39. The summed E-state index contributed by atoms with van der Waals surface area (Å²) < 4.78 is 5.27. The molecule has 0 bridgehead atoms. The molecule has 0 aliphatic carbocycles. The Kier molecular flexibility index (Phi) is 4.91. The van der Waals surface area contributed by atoms with Crippen molar-refractivity contribution < 1.29 is 14.6 Å². The monoisotopic (exact) mass is 266 g/mol. The summed E-state index contributed by atoms with van der Waals surface area (Å²) in [6.45, 7) is 3.91. The van der Waals surface area contributed by atoms with Crippen LogP contribution in [0.15, 0.2) is 12.1 Å². The predicted octanol–water partition coefficient (Wildman–Crippen LogP) is 1.33. The van der Waals surface area contributed by atoms with E-state index < -0.39 is 12.0 Å². The van der Waals surface area contributed by atoms with Gasteiger partial charge in [-0.1, -0.05) is 6.07 Å². The number of rotatable bonds is 5. The van der Waals surface area contributed by atoms with Crippen LogP contribution in [-0.2, 0) is 4.79 Å². The molecule has 0 aliphatic rings. The number of benzene rings is 1. The fraction of sp³-hybridized carbons (Fsp3) is 0.500. The Bertz CT molecular complexity index is 472. The maximum Gasteiger partial charge on any atom is 0.322 e. The van der Waals surface area contributed by atoms with Gasteiger partial charge in [-0.3, -0.25) is 4.79 Å². The minimum Gasteiger partial charge on any atom is -0.496 e. The first-order valence-corrected chi connectivity index (χ1v) is 6.10. The van der Waals surface area contributed by atoms with E-state index in [-0.39, 0.29) is 6.04 Å². The van der Waals surface area contributed by atoms with E-state index in [1.54, 1.807) is 7.11 Å². The molecule has 0 heterocycles. The highest BCUT2D eigenvalue weighted by atomic mass is 16.5. The van der Waals surface area contributed by atoms with Crippen molar-refractivity contribution in [1.29, 1.82) is 0 Å². The van der Waals surface area contributed by atoms with Crippen molar-refractivity contribution >= 4 is 5.97 Å². The third-order valence-electron chi connectivity index (χ3n) is 3.50.